The molecule has 0 aliphatic heterocycles. The SMILES string of the molecule is CCCC(C)(NC(=O)Cc1ccc(OC)cc1)C(=O)OC. The lowest BCUT2D eigenvalue weighted by Gasteiger charge is -2.27. The van der Waals surface area contributed by atoms with E-state index in [4.69, 9.17) is 9.47 Å². The van der Waals surface area contributed by atoms with E-state index in [0.29, 0.717) is 6.42 Å². The first-order chi connectivity index (χ1) is 9.95. The standard InChI is InChI=1S/C16H23NO4/c1-5-10-16(2,15(19)21-4)17-14(18)11-12-6-8-13(20-3)9-7-12/h6-9H,5,10-11H2,1-4H3,(H,17,18). The molecular weight excluding hydrogens is 270 g/mol. The van der Waals surface area contributed by atoms with E-state index in [9.17, 15) is 9.59 Å². The molecule has 1 aromatic carbocycles. The van der Waals surface area contributed by atoms with Gasteiger partial charge in [-0.05, 0) is 31.0 Å². The number of carbonyl (C=O) groups excluding carboxylic acids is 2. The minimum atomic E-state index is -0.979. The fourth-order valence-electron chi connectivity index (χ4n) is 2.22. The number of methoxy groups -OCH3 is 2. The molecule has 5 nitrogen and oxygen atoms in total. The topological polar surface area (TPSA) is 64.6 Å². The van der Waals surface area contributed by atoms with E-state index in [1.165, 1.54) is 7.11 Å². The molecular formula is C16H23NO4. The Hall–Kier alpha value is -2.04. The van der Waals surface area contributed by atoms with Gasteiger partial charge < -0.3 is 14.8 Å². The van der Waals surface area contributed by atoms with Gasteiger partial charge in [0.25, 0.3) is 0 Å². The summed E-state index contributed by atoms with van der Waals surface area (Å²) in [5, 5.41) is 2.78. The number of hydrogen-bond acceptors (Lipinski definition) is 4. The summed E-state index contributed by atoms with van der Waals surface area (Å²) in [5.74, 6) is 0.110. The highest BCUT2D eigenvalue weighted by Gasteiger charge is 2.34. The van der Waals surface area contributed by atoms with Crippen LogP contribution in [-0.2, 0) is 20.7 Å². The average molecular weight is 293 g/mol. The van der Waals surface area contributed by atoms with Gasteiger partial charge in [-0.1, -0.05) is 25.5 Å². The predicted molar refractivity (Wildman–Crippen MR) is 80.2 cm³/mol. The molecule has 0 saturated carbocycles. The van der Waals surface area contributed by atoms with Crippen molar-refractivity contribution >= 4 is 11.9 Å². The highest BCUT2D eigenvalue weighted by Crippen LogP contribution is 2.16. The molecule has 21 heavy (non-hydrogen) atoms. The zero-order chi connectivity index (χ0) is 15.9. The van der Waals surface area contributed by atoms with Crippen LogP contribution in [0.15, 0.2) is 24.3 Å². The van der Waals surface area contributed by atoms with E-state index in [0.717, 1.165) is 17.7 Å². The summed E-state index contributed by atoms with van der Waals surface area (Å²) in [6, 6.07) is 7.25. The van der Waals surface area contributed by atoms with Crippen LogP contribution in [0.2, 0.25) is 0 Å². The zero-order valence-electron chi connectivity index (χ0n) is 13.1. The number of carbonyl (C=O) groups is 2. The highest BCUT2D eigenvalue weighted by molar-refractivity contribution is 5.88. The lowest BCUT2D eigenvalue weighted by molar-refractivity contribution is -0.150. The minimum absolute atomic E-state index is 0.207. The van der Waals surface area contributed by atoms with Gasteiger partial charge in [-0.2, -0.15) is 0 Å². The number of ether oxygens (including phenoxy) is 2. The van der Waals surface area contributed by atoms with E-state index in [1.54, 1.807) is 26.2 Å². The largest absolute Gasteiger partial charge is 0.497 e. The quantitative estimate of drug-likeness (QED) is 0.782. The Morgan fingerprint density at radius 2 is 1.81 bits per heavy atom. The van der Waals surface area contributed by atoms with Crippen molar-refractivity contribution in [3.8, 4) is 5.75 Å². The molecule has 0 saturated heterocycles. The number of benzene rings is 1. The molecule has 1 aromatic rings. The van der Waals surface area contributed by atoms with Crippen molar-refractivity contribution in [1.82, 2.24) is 5.32 Å². The number of nitrogens with one attached hydrogen (secondary N) is 1. The first kappa shape index (κ1) is 17.0. The number of hydrogen-bond donors (Lipinski definition) is 1. The molecule has 5 heteroatoms. The summed E-state index contributed by atoms with van der Waals surface area (Å²) in [5.41, 5.74) is -0.121. The summed E-state index contributed by atoms with van der Waals surface area (Å²) < 4.78 is 9.85. The summed E-state index contributed by atoms with van der Waals surface area (Å²) >= 11 is 0. The second-order valence-electron chi connectivity index (χ2n) is 5.15. The lowest BCUT2D eigenvalue weighted by Crippen LogP contribution is -2.53. The van der Waals surface area contributed by atoms with Crippen molar-refractivity contribution < 1.29 is 19.1 Å². The average Bonchev–Trinajstić information content (AvgIpc) is 2.47. The molecule has 1 amide bonds. The van der Waals surface area contributed by atoms with Crippen LogP contribution < -0.4 is 10.1 Å². The maximum absolute atomic E-state index is 12.1. The number of amides is 1. The molecule has 116 valence electrons. The third-order valence-corrected chi connectivity index (χ3v) is 3.32. The highest BCUT2D eigenvalue weighted by atomic mass is 16.5. The van der Waals surface area contributed by atoms with Crippen LogP contribution in [-0.4, -0.2) is 31.6 Å². The minimum Gasteiger partial charge on any atom is -0.497 e. The van der Waals surface area contributed by atoms with Crippen molar-refractivity contribution in [2.24, 2.45) is 0 Å². The first-order valence-corrected chi connectivity index (χ1v) is 6.97. The van der Waals surface area contributed by atoms with Gasteiger partial charge >= 0.3 is 5.97 Å². The molecule has 1 rings (SSSR count). The zero-order valence-corrected chi connectivity index (χ0v) is 13.1. The Bertz CT molecular complexity index is 484. The molecule has 0 fully saturated rings. The Morgan fingerprint density at radius 3 is 2.29 bits per heavy atom. The van der Waals surface area contributed by atoms with Crippen molar-refractivity contribution in [2.45, 2.75) is 38.6 Å². The van der Waals surface area contributed by atoms with Crippen LogP contribution >= 0.6 is 0 Å². The van der Waals surface area contributed by atoms with Crippen molar-refractivity contribution in [2.75, 3.05) is 14.2 Å². The van der Waals surface area contributed by atoms with Crippen molar-refractivity contribution in [3.05, 3.63) is 29.8 Å². The van der Waals surface area contributed by atoms with Crippen LogP contribution in [0, 0.1) is 0 Å². The third-order valence-electron chi connectivity index (χ3n) is 3.32. The monoisotopic (exact) mass is 293 g/mol. The maximum Gasteiger partial charge on any atom is 0.331 e. The number of rotatable bonds is 7. The van der Waals surface area contributed by atoms with E-state index < -0.39 is 11.5 Å². The van der Waals surface area contributed by atoms with Crippen LogP contribution in [0.3, 0.4) is 0 Å². The lowest BCUT2D eigenvalue weighted by atomic mass is 9.95. The van der Waals surface area contributed by atoms with E-state index in [-0.39, 0.29) is 12.3 Å². The Balaban J connectivity index is 2.71. The summed E-state index contributed by atoms with van der Waals surface area (Å²) in [6.07, 6.45) is 1.52. The Labute approximate surface area is 125 Å². The Morgan fingerprint density at radius 1 is 1.19 bits per heavy atom. The smallest absolute Gasteiger partial charge is 0.331 e. The molecule has 0 spiro atoms. The maximum atomic E-state index is 12.1. The van der Waals surface area contributed by atoms with Crippen LogP contribution in [0.4, 0.5) is 0 Å². The predicted octanol–water partition coefficient (Wildman–Crippen LogP) is 2.09. The molecule has 0 aliphatic carbocycles. The molecule has 1 atom stereocenters. The summed E-state index contributed by atoms with van der Waals surface area (Å²) in [7, 11) is 2.92. The molecule has 0 heterocycles. The second kappa shape index (κ2) is 7.67. The van der Waals surface area contributed by atoms with Gasteiger partial charge in [0.2, 0.25) is 5.91 Å². The van der Waals surface area contributed by atoms with E-state index in [1.807, 2.05) is 19.1 Å². The van der Waals surface area contributed by atoms with Gasteiger partial charge in [0.05, 0.1) is 20.6 Å². The molecule has 1 unspecified atom stereocenters. The van der Waals surface area contributed by atoms with Gasteiger partial charge in [0.1, 0.15) is 11.3 Å². The molecule has 0 aliphatic rings. The van der Waals surface area contributed by atoms with Gasteiger partial charge in [0, 0.05) is 0 Å². The molecule has 0 bridgehead atoms. The summed E-state index contributed by atoms with van der Waals surface area (Å²) in [4.78, 5) is 24.0. The van der Waals surface area contributed by atoms with Crippen molar-refractivity contribution in [1.29, 1.82) is 0 Å². The first-order valence-electron chi connectivity index (χ1n) is 6.97. The van der Waals surface area contributed by atoms with Crippen LogP contribution in [0.1, 0.15) is 32.3 Å². The summed E-state index contributed by atoms with van der Waals surface area (Å²) in [6.45, 7) is 3.64. The van der Waals surface area contributed by atoms with Crippen molar-refractivity contribution in [3.63, 3.8) is 0 Å². The van der Waals surface area contributed by atoms with E-state index in [2.05, 4.69) is 5.32 Å². The number of esters is 1. The van der Waals surface area contributed by atoms with Gasteiger partial charge in [-0.15, -0.1) is 0 Å². The third kappa shape index (κ3) is 4.77. The molecule has 0 radical (unpaired) electrons. The molecule has 1 N–H and O–H groups in total. The fraction of sp³-hybridized carbons (Fsp3) is 0.500. The molecule has 0 aromatic heterocycles. The van der Waals surface area contributed by atoms with Gasteiger partial charge in [0.15, 0.2) is 0 Å². The fourth-order valence-corrected chi connectivity index (χ4v) is 2.22. The second-order valence-corrected chi connectivity index (χ2v) is 5.15. The Kier molecular flexibility index (Phi) is 6.21. The normalized spacial score (nSPS) is 13.1. The van der Waals surface area contributed by atoms with Gasteiger partial charge in [-0.25, -0.2) is 4.79 Å². The van der Waals surface area contributed by atoms with Gasteiger partial charge in [-0.3, -0.25) is 4.79 Å². The van der Waals surface area contributed by atoms with Crippen LogP contribution in [0.25, 0.3) is 0 Å². The van der Waals surface area contributed by atoms with Crippen LogP contribution in [0.5, 0.6) is 5.75 Å². The van der Waals surface area contributed by atoms with E-state index >= 15 is 0 Å².